The monoisotopic (exact) mass is 643 g/mol. The van der Waals surface area contributed by atoms with Crippen molar-refractivity contribution < 1.29 is 0 Å². The van der Waals surface area contributed by atoms with Gasteiger partial charge in [-0.15, -0.1) is 0 Å². The molecule has 0 heterocycles. The molecule has 0 heteroatoms. The van der Waals surface area contributed by atoms with Crippen LogP contribution in [0.2, 0.25) is 0 Å². The Morgan fingerprint density at radius 1 is 0.417 bits per heavy atom. The van der Waals surface area contributed by atoms with Crippen LogP contribution in [0, 0.1) is 35.5 Å². The summed E-state index contributed by atoms with van der Waals surface area (Å²) in [5.74, 6) is 4.93. The highest BCUT2D eigenvalue weighted by Crippen LogP contribution is 2.67. The Bertz CT molecular complexity index is 1280. The lowest BCUT2D eigenvalue weighted by Gasteiger charge is -2.40. The molecule has 3 aromatic carbocycles. The van der Waals surface area contributed by atoms with Gasteiger partial charge in [-0.05, 0) is 96.3 Å². The Morgan fingerprint density at radius 3 is 1.17 bits per heavy atom. The minimum absolute atomic E-state index is 0.196. The number of rotatable bonds is 18. The van der Waals surface area contributed by atoms with Crippen LogP contribution >= 0.6 is 0 Å². The first-order valence-corrected chi connectivity index (χ1v) is 21.0. The molecule has 8 atom stereocenters. The first-order chi connectivity index (χ1) is 23.7. The Morgan fingerprint density at radius 2 is 0.771 bits per heavy atom. The maximum Gasteiger partial charge on any atom is 0.0261 e. The summed E-state index contributed by atoms with van der Waals surface area (Å²) in [4.78, 5) is 0. The van der Waals surface area contributed by atoms with Crippen LogP contribution in [-0.2, 0) is 10.8 Å². The topological polar surface area (TPSA) is 0 Å². The van der Waals surface area contributed by atoms with E-state index in [0.717, 1.165) is 35.5 Å². The van der Waals surface area contributed by atoms with Crippen LogP contribution < -0.4 is 0 Å². The van der Waals surface area contributed by atoms with Gasteiger partial charge in [0, 0.05) is 10.8 Å². The van der Waals surface area contributed by atoms with Gasteiger partial charge in [0.2, 0.25) is 0 Å². The van der Waals surface area contributed by atoms with Gasteiger partial charge in [-0.25, -0.2) is 0 Å². The summed E-state index contributed by atoms with van der Waals surface area (Å²) in [6.07, 6.45) is 28.4. The summed E-state index contributed by atoms with van der Waals surface area (Å²) in [5, 5.41) is 0. The number of benzene rings is 3. The second-order valence-electron chi connectivity index (χ2n) is 16.9. The summed E-state index contributed by atoms with van der Waals surface area (Å²) in [6, 6.07) is 34.3. The normalized spacial score (nSPS) is 32.0. The van der Waals surface area contributed by atoms with Crippen LogP contribution in [0.25, 0.3) is 0 Å². The molecule has 3 aromatic rings. The van der Waals surface area contributed by atoms with Crippen LogP contribution in [0.15, 0.2) is 84.9 Å². The van der Waals surface area contributed by atoms with Crippen molar-refractivity contribution in [2.75, 3.05) is 0 Å². The first kappa shape index (κ1) is 34.1. The molecule has 0 saturated heterocycles. The maximum absolute atomic E-state index is 2.66. The number of hydrogen-bond acceptors (Lipinski definition) is 0. The summed E-state index contributed by atoms with van der Waals surface area (Å²) < 4.78 is 0. The molecular formula is C48H66. The molecule has 4 aliphatic carbocycles. The Labute approximate surface area is 294 Å². The van der Waals surface area contributed by atoms with E-state index in [2.05, 4.69) is 98.8 Å². The van der Waals surface area contributed by atoms with Crippen LogP contribution in [-0.4, -0.2) is 0 Å². The molecule has 0 radical (unpaired) electrons. The third-order valence-electron chi connectivity index (χ3n) is 14.6. The molecule has 0 spiro atoms. The van der Waals surface area contributed by atoms with E-state index in [1.165, 1.54) is 128 Å². The van der Waals surface area contributed by atoms with Crippen molar-refractivity contribution in [1.82, 2.24) is 0 Å². The third-order valence-corrected chi connectivity index (χ3v) is 14.6. The van der Waals surface area contributed by atoms with Crippen molar-refractivity contribution in [3.8, 4) is 0 Å². The summed E-state index contributed by atoms with van der Waals surface area (Å²) in [5.41, 5.74) is 6.87. The van der Waals surface area contributed by atoms with Gasteiger partial charge in [0.1, 0.15) is 0 Å². The van der Waals surface area contributed by atoms with E-state index >= 15 is 0 Å². The van der Waals surface area contributed by atoms with E-state index < -0.39 is 0 Å². The van der Waals surface area contributed by atoms with Crippen molar-refractivity contribution in [2.45, 2.75) is 153 Å². The maximum atomic E-state index is 2.66. The average Bonchev–Trinajstić information content (AvgIpc) is 3.88. The summed E-state index contributed by atoms with van der Waals surface area (Å²) in [7, 11) is 0. The molecule has 4 aliphatic rings. The fraction of sp³-hybridized carbons (Fsp3) is 0.625. The van der Waals surface area contributed by atoms with Gasteiger partial charge in [0.05, 0.1) is 0 Å². The van der Waals surface area contributed by atoms with Gasteiger partial charge in [-0.2, -0.15) is 0 Å². The predicted octanol–water partition coefficient (Wildman–Crippen LogP) is 13.9. The number of fused-ring (bicyclic) bond motifs is 4. The van der Waals surface area contributed by atoms with Crippen molar-refractivity contribution in [2.24, 2.45) is 35.5 Å². The van der Waals surface area contributed by atoms with Crippen LogP contribution in [0.5, 0.6) is 0 Å². The molecule has 0 N–H and O–H groups in total. The molecule has 0 aliphatic heterocycles. The largest absolute Gasteiger partial charge is 0.0654 e. The predicted molar refractivity (Wildman–Crippen MR) is 206 cm³/mol. The van der Waals surface area contributed by atoms with Crippen LogP contribution in [0.4, 0.5) is 0 Å². The van der Waals surface area contributed by atoms with Crippen molar-refractivity contribution in [3.05, 3.63) is 107 Å². The molecular weight excluding hydrogens is 577 g/mol. The Hall–Kier alpha value is -2.34. The van der Waals surface area contributed by atoms with Gasteiger partial charge in [-0.3, -0.25) is 0 Å². The molecule has 0 aromatic heterocycles. The van der Waals surface area contributed by atoms with Gasteiger partial charge in [0.15, 0.2) is 0 Å². The lowest BCUT2D eigenvalue weighted by molar-refractivity contribution is 0.285. The first-order valence-electron chi connectivity index (χ1n) is 21.0. The fourth-order valence-electron chi connectivity index (χ4n) is 12.8. The number of unbranched alkanes of at least 4 members (excludes halogenated alkanes) is 10. The highest BCUT2D eigenvalue weighted by molar-refractivity contribution is 5.50. The summed E-state index contributed by atoms with van der Waals surface area (Å²) >= 11 is 0. The molecule has 258 valence electrons. The zero-order valence-corrected chi connectivity index (χ0v) is 30.7. The van der Waals surface area contributed by atoms with E-state index in [0.29, 0.717) is 0 Å². The zero-order valence-electron chi connectivity index (χ0n) is 30.7. The highest BCUT2D eigenvalue weighted by Gasteiger charge is 2.61. The standard InChI is InChI=1S/C48H66/c1-3-5-7-9-11-15-21-37-35-43-31-33-45(37)47(43,39-23-17-13-18-24-39)41-27-29-42(30-28-41)48(40-25-19-14-20-26-40)44-32-34-46(48)38(36-44)22-16-12-10-8-6-4-2/h13-14,17-20,23-30,37-38,43-46H,3-12,15-16,21-22,31-36H2,1-2H3. The summed E-state index contributed by atoms with van der Waals surface area (Å²) in [6.45, 7) is 4.66. The smallest absolute Gasteiger partial charge is 0.0261 e. The molecule has 4 fully saturated rings. The van der Waals surface area contributed by atoms with E-state index in [1.54, 1.807) is 22.3 Å². The minimum atomic E-state index is 0.196. The van der Waals surface area contributed by atoms with Crippen molar-refractivity contribution >= 4 is 0 Å². The fourth-order valence-corrected chi connectivity index (χ4v) is 12.8. The van der Waals surface area contributed by atoms with Gasteiger partial charge in [0.25, 0.3) is 0 Å². The third kappa shape index (κ3) is 6.15. The van der Waals surface area contributed by atoms with Crippen molar-refractivity contribution in [3.63, 3.8) is 0 Å². The molecule has 4 bridgehead atoms. The highest BCUT2D eigenvalue weighted by atomic mass is 14.6. The molecule has 7 rings (SSSR count). The molecule has 8 unspecified atom stereocenters. The second kappa shape index (κ2) is 15.7. The molecule has 0 nitrogen and oxygen atoms in total. The van der Waals surface area contributed by atoms with Crippen molar-refractivity contribution in [1.29, 1.82) is 0 Å². The SMILES string of the molecule is CCCCCCCCC1CC2CCC1C2(c1ccccc1)c1ccc(C2(c3ccccc3)C3CCC2C(CCCCCCCC)C3)cc1. The lowest BCUT2D eigenvalue weighted by atomic mass is 9.63. The molecule has 48 heavy (non-hydrogen) atoms. The molecule has 4 saturated carbocycles. The Kier molecular flexibility index (Phi) is 11.2. The van der Waals surface area contributed by atoms with Crippen LogP contribution in [0.1, 0.15) is 165 Å². The quantitative estimate of drug-likeness (QED) is 0.121. The minimum Gasteiger partial charge on any atom is -0.0654 e. The second-order valence-corrected chi connectivity index (χ2v) is 16.9. The lowest BCUT2D eigenvalue weighted by Crippen LogP contribution is -2.36. The van der Waals surface area contributed by atoms with Gasteiger partial charge >= 0.3 is 0 Å². The van der Waals surface area contributed by atoms with Gasteiger partial charge < -0.3 is 0 Å². The van der Waals surface area contributed by atoms with Crippen LogP contribution in [0.3, 0.4) is 0 Å². The van der Waals surface area contributed by atoms with E-state index in [4.69, 9.17) is 0 Å². The molecule has 0 amide bonds. The average molecular weight is 643 g/mol. The zero-order chi connectivity index (χ0) is 32.8. The Balaban J connectivity index is 1.17. The number of hydrogen-bond donors (Lipinski definition) is 0. The van der Waals surface area contributed by atoms with E-state index in [1.807, 2.05) is 0 Å². The van der Waals surface area contributed by atoms with E-state index in [9.17, 15) is 0 Å². The van der Waals surface area contributed by atoms with Gasteiger partial charge in [-0.1, -0.05) is 189 Å². The van der Waals surface area contributed by atoms with E-state index in [-0.39, 0.29) is 10.8 Å².